The Morgan fingerprint density at radius 2 is 2.04 bits per heavy atom. The first-order chi connectivity index (χ1) is 11.7. The van der Waals surface area contributed by atoms with Gasteiger partial charge in [0.1, 0.15) is 6.07 Å². The first-order valence-corrected chi connectivity index (χ1v) is 8.53. The van der Waals surface area contributed by atoms with Crippen molar-refractivity contribution in [3.05, 3.63) is 45.7 Å². The van der Waals surface area contributed by atoms with Gasteiger partial charge in [0.05, 0.1) is 17.8 Å². The number of aryl methyl sites for hydroxylation is 2. The zero-order chi connectivity index (χ0) is 18.7. The van der Waals surface area contributed by atoms with Crippen molar-refractivity contribution < 1.29 is 9.53 Å². The Morgan fingerprint density at radius 1 is 1.36 bits per heavy atom. The van der Waals surface area contributed by atoms with Gasteiger partial charge >= 0.3 is 5.97 Å². The van der Waals surface area contributed by atoms with Gasteiger partial charge in [-0.1, -0.05) is 31.5 Å². The molecule has 132 valence electrons. The summed E-state index contributed by atoms with van der Waals surface area (Å²) in [6, 6.07) is 7.73. The van der Waals surface area contributed by atoms with Gasteiger partial charge in [-0.2, -0.15) is 10.4 Å². The minimum atomic E-state index is -0.737. The molecule has 0 aliphatic rings. The maximum atomic E-state index is 12.2. The number of hydrogen-bond acceptors (Lipinski definition) is 4. The molecule has 0 spiro atoms. The molecule has 0 fully saturated rings. The second-order valence-corrected chi connectivity index (χ2v) is 6.86. The van der Waals surface area contributed by atoms with Crippen molar-refractivity contribution >= 4 is 17.6 Å². The topological polar surface area (TPSA) is 67.9 Å². The molecule has 6 heteroatoms. The van der Waals surface area contributed by atoms with Gasteiger partial charge in [0.15, 0.2) is 6.10 Å². The van der Waals surface area contributed by atoms with Crippen LogP contribution in [0.15, 0.2) is 18.2 Å². The Balaban J connectivity index is 2.26. The van der Waals surface area contributed by atoms with Crippen LogP contribution in [0.2, 0.25) is 5.02 Å². The van der Waals surface area contributed by atoms with E-state index < -0.39 is 12.1 Å². The summed E-state index contributed by atoms with van der Waals surface area (Å²) in [4.78, 5) is 12.2. The van der Waals surface area contributed by atoms with Gasteiger partial charge in [-0.15, -0.1) is 0 Å². The van der Waals surface area contributed by atoms with Crippen molar-refractivity contribution in [3.8, 4) is 11.8 Å². The Hall–Kier alpha value is -2.32. The molecule has 0 aliphatic heterocycles. The number of carbonyl (C=O) groups is 1. The highest BCUT2D eigenvalue weighted by atomic mass is 35.5. The summed E-state index contributed by atoms with van der Waals surface area (Å²) in [6.45, 7) is 9.38. The van der Waals surface area contributed by atoms with Crippen LogP contribution in [-0.2, 0) is 16.0 Å². The standard InChI is InChI=1S/C19H22ClN3O2/c1-11(2)18(10-21)25-19(24)9-16-13(4)22-23(14(16)5)15-7-6-12(3)17(20)8-15/h6-8,11,18H,9H2,1-5H3/t18-/m1/s1. The van der Waals surface area contributed by atoms with Gasteiger partial charge in [0, 0.05) is 22.2 Å². The molecule has 1 heterocycles. The minimum Gasteiger partial charge on any atom is -0.446 e. The molecule has 0 aliphatic carbocycles. The third kappa shape index (κ3) is 4.21. The van der Waals surface area contributed by atoms with Crippen LogP contribution in [-0.4, -0.2) is 21.9 Å². The maximum absolute atomic E-state index is 12.2. The molecular weight excluding hydrogens is 338 g/mol. The normalized spacial score (nSPS) is 12.1. The number of nitrogens with zero attached hydrogens (tertiary/aromatic N) is 3. The number of benzene rings is 1. The number of hydrogen-bond donors (Lipinski definition) is 0. The van der Waals surface area contributed by atoms with Gasteiger partial charge < -0.3 is 4.74 Å². The predicted octanol–water partition coefficient (Wildman–Crippen LogP) is 4.08. The van der Waals surface area contributed by atoms with E-state index in [-0.39, 0.29) is 12.3 Å². The van der Waals surface area contributed by atoms with Crippen LogP contribution in [0.4, 0.5) is 0 Å². The van der Waals surface area contributed by atoms with Crippen molar-refractivity contribution in [1.82, 2.24) is 9.78 Å². The maximum Gasteiger partial charge on any atom is 0.311 e. The van der Waals surface area contributed by atoms with Crippen LogP contribution < -0.4 is 0 Å². The molecule has 2 aromatic rings. The monoisotopic (exact) mass is 359 g/mol. The highest BCUT2D eigenvalue weighted by Gasteiger charge is 2.21. The van der Waals surface area contributed by atoms with Crippen LogP contribution in [0.3, 0.4) is 0 Å². The van der Waals surface area contributed by atoms with Crippen molar-refractivity contribution in [2.24, 2.45) is 5.92 Å². The fourth-order valence-electron chi connectivity index (χ4n) is 2.53. The second kappa shape index (κ2) is 7.71. The number of halogens is 1. The summed E-state index contributed by atoms with van der Waals surface area (Å²) in [6.07, 6.45) is -0.652. The minimum absolute atomic E-state index is 0.0476. The van der Waals surface area contributed by atoms with Gasteiger partial charge in [-0.05, 0) is 38.5 Å². The Labute approximate surface area is 153 Å². The average molecular weight is 360 g/mol. The number of esters is 1. The van der Waals surface area contributed by atoms with E-state index in [0.717, 1.165) is 28.2 Å². The molecule has 5 nitrogen and oxygen atoms in total. The third-order valence-corrected chi connectivity index (χ3v) is 4.56. The first kappa shape index (κ1) is 19.0. The van der Waals surface area contributed by atoms with Crippen LogP contribution in [0.1, 0.15) is 36.4 Å². The summed E-state index contributed by atoms with van der Waals surface area (Å²) in [5.41, 5.74) is 4.25. The molecule has 0 amide bonds. The van der Waals surface area contributed by atoms with E-state index in [2.05, 4.69) is 5.10 Å². The van der Waals surface area contributed by atoms with Crippen LogP contribution in [0.5, 0.6) is 0 Å². The fourth-order valence-corrected chi connectivity index (χ4v) is 2.71. The Kier molecular flexibility index (Phi) is 5.86. The molecule has 1 aromatic heterocycles. The van der Waals surface area contributed by atoms with Crippen LogP contribution in [0.25, 0.3) is 5.69 Å². The Morgan fingerprint density at radius 3 is 2.60 bits per heavy atom. The second-order valence-electron chi connectivity index (χ2n) is 6.46. The van der Waals surface area contributed by atoms with Crippen molar-refractivity contribution in [2.75, 3.05) is 0 Å². The van der Waals surface area contributed by atoms with E-state index in [1.165, 1.54) is 0 Å². The number of rotatable bonds is 5. The zero-order valence-electron chi connectivity index (χ0n) is 15.1. The summed E-state index contributed by atoms with van der Waals surface area (Å²) >= 11 is 6.20. The highest BCUT2D eigenvalue weighted by molar-refractivity contribution is 6.31. The van der Waals surface area contributed by atoms with E-state index in [9.17, 15) is 4.79 Å². The van der Waals surface area contributed by atoms with Crippen molar-refractivity contribution in [2.45, 2.75) is 47.1 Å². The Bertz CT molecular complexity index is 834. The molecule has 1 aromatic carbocycles. The van der Waals surface area contributed by atoms with Crippen LogP contribution in [0, 0.1) is 38.0 Å². The quantitative estimate of drug-likeness (QED) is 0.754. The molecule has 0 bridgehead atoms. The van der Waals surface area contributed by atoms with Gasteiger partial charge in [0.2, 0.25) is 0 Å². The SMILES string of the molecule is Cc1ccc(-n2nc(C)c(CC(=O)O[C@H](C#N)C(C)C)c2C)cc1Cl. The number of ether oxygens (including phenoxy) is 1. The van der Waals surface area contributed by atoms with Crippen molar-refractivity contribution in [3.63, 3.8) is 0 Å². The van der Waals surface area contributed by atoms with Crippen molar-refractivity contribution in [1.29, 1.82) is 5.26 Å². The van der Waals surface area contributed by atoms with Gasteiger partial charge in [-0.25, -0.2) is 4.68 Å². The number of aromatic nitrogens is 2. The third-order valence-electron chi connectivity index (χ3n) is 4.15. The van der Waals surface area contributed by atoms with Crippen LogP contribution >= 0.6 is 11.6 Å². The number of carbonyl (C=O) groups excluding carboxylic acids is 1. The first-order valence-electron chi connectivity index (χ1n) is 8.15. The van der Waals surface area contributed by atoms with E-state index in [0.29, 0.717) is 5.02 Å². The summed E-state index contributed by atoms with van der Waals surface area (Å²) in [7, 11) is 0. The largest absolute Gasteiger partial charge is 0.446 e. The lowest BCUT2D eigenvalue weighted by Crippen LogP contribution is -2.23. The molecular formula is C19H22ClN3O2. The molecule has 0 unspecified atom stereocenters. The summed E-state index contributed by atoms with van der Waals surface area (Å²) in [5.74, 6) is -0.471. The van der Waals surface area contributed by atoms with E-state index in [4.69, 9.17) is 21.6 Å². The predicted molar refractivity (Wildman–Crippen MR) is 96.8 cm³/mol. The smallest absolute Gasteiger partial charge is 0.311 e. The lowest BCUT2D eigenvalue weighted by molar-refractivity contribution is -0.147. The molecule has 0 saturated carbocycles. The van der Waals surface area contributed by atoms with Gasteiger partial charge in [0.25, 0.3) is 0 Å². The average Bonchev–Trinajstić information content (AvgIpc) is 2.83. The molecule has 0 radical (unpaired) electrons. The molecule has 2 rings (SSSR count). The zero-order valence-corrected chi connectivity index (χ0v) is 15.9. The number of nitriles is 1. The molecule has 0 saturated heterocycles. The fraction of sp³-hybridized carbons (Fsp3) is 0.421. The molecule has 0 N–H and O–H groups in total. The van der Waals surface area contributed by atoms with E-state index in [1.807, 2.05) is 58.9 Å². The summed E-state index contributed by atoms with van der Waals surface area (Å²) < 4.78 is 7.04. The summed E-state index contributed by atoms with van der Waals surface area (Å²) in [5, 5.41) is 14.3. The molecule has 1 atom stereocenters. The van der Waals surface area contributed by atoms with E-state index in [1.54, 1.807) is 4.68 Å². The lowest BCUT2D eigenvalue weighted by atomic mass is 10.1. The highest BCUT2D eigenvalue weighted by Crippen LogP contribution is 2.23. The van der Waals surface area contributed by atoms with Gasteiger partial charge in [-0.3, -0.25) is 4.79 Å². The van der Waals surface area contributed by atoms with E-state index >= 15 is 0 Å². The molecule has 25 heavy (non-hydrogen) atoms. The lowest BCUT2D eigenvalue weighted by Gasteiger charge is -2.14.